The molecule has 0 spiro atoms. The van der Waals surface area contributed by atoms with Gasteiger partial charge in [0, 0.05) is 45.2 Å². The van der Waals surface area contributed by atoms with Gasteiger partial charge < -0.3 is 15.4 Å². The molecule has 2 fully saturated rings. The number of ether oxygens (including phenoxy) is 1. The molecule has 86 valence electrons. The number of carbonyl (C=O) groups is 1. The van der Waals surface area contributed by atoms with Gasteiger partial charge in [-0.15, -0.1) is 0 Å². The van der Waals surface area contributed by atoms with Crippen LogP contribution in [-0.4, -0.2) is 67.7 Å². The average Bonchev–Trinajstić information content (AvgIpc) is 2.56. The van der Waals surface area contributed by atoms with Crippen LogP contribution in [0.5, 0.6) is 0 Å². The van der Waals surface area contributed by atoms with Crippen molar-refractivity contribution in [3.05, 3.63) is 0 Å². The van der Waals surface area contributed by atoms with Crippen LogP contribution in [0.3, 0.4) is 0 Å². The van der Waals surface area contributed by atoms with Gasteiger partial charge in [0.1, 0.15) is 0 Å². The first-order valence-electron chi connectivity index (χ1n) is 5.59. The highest BCUT2D eigenvalue weighted by Crippen LogP contribution is 2.08. The Hall–Kier alpha value is -0.650. The van der Waals surface area contributed by atoms with Crippen molar-refractivity contribution in [1.29, 1.82) is 0 Å². The molecule has 2 saturated heterocycles. The highest BCUT2D eigenvalue weighted by Gasteiger charge is 2.26. The van der Waals surface area contributed by atoms with Crippen molar-refractivity contribution in [1.82, 2.24) is 9.80 Å². The molecule has 0 saturated carbocycles. The van der Waals surface area contributed by atoms with Crippen LogP contribution >= 0.6 is 0 Å². The molecule has 0 aromatic rings. The molecule has 5 nitrogen and oxygen atoms in total. The van der Waals surface area contributed by atoms with E-state index in [9.17, 15) is 4.79 Å². The molecule has 2 aliphatic heterocycles. The van der Waals surface area contributed by atoms with E-state index < -0.39 is 0 Å². The van der Waals surface area contributed by atoms with E-state index >= 15 is 0 Å². The lowest BCUT2D eigenvalue weighted by molar-refractivity contribution is -0.128. The van der Waals surface area contributed by atoms with Crippen LogP contribution in [0.4, 0.5) is 0 Å². The van der Waals surface area contributed by atoms with Crippen molar-refractivity contribution >= 4 is 5.91 Å². The van der Waals surface area contributed by atoms with E-state index in [1.807, 2.05) is 4.90 Å². The average molecular weight is 213 g/mol. The fourth-order valence-corrected chi connectivity index (χ4v) is 2.11. The Morgan fingerprint density at radius 3 is 2.67 bits per heavy atom. The highest BCUT2D eigenvalue weighted by atomic mass is 16.5. The fraction of sp³-hybridized carbons (Fsp3) is 0.900. The van der Waals surface area contributed by atoms with Crippen LogP contribution < -0.4 is 5.73 Å². The molecular weight excluding hydrogens is 194 g/mol. The Bertz CT molecular complexity index is 229. The van der Waals surface area contributed by atoms with Gasteiger partial charge in [-0.2, -0.15) is 0 Å². The second kappa shape index (κ2) is 4.92. The molecule has 0 bridgehead atoms. The monoisotopic (exact) mass is 213 g/mol. The van der Waals surface area contributed by atoms with E-state index in [0.717, 1.165) is 45.9 Å². The predicted molar refractivity (Wildman–Crippen MR) is 56.4 cm³/mol. The predicted octanol–water partition coefficient (Wildman–Crippen LogP) is -1.12. The summed E-state index contributed by atoms with van der Waals surface area (Å²) >= 11 is 0. The van der Waals surface area contributed by atoms with Gasteiger partial charge in [0.25, 0.3) is 0 Å². The summed E-state index contributed by atoms with van der Waals surface area (Å²) in [4.78, 5) is 15.7. The van der Waals surface area contributed by atoms with Crippen LogP contribution in [0, 0.1) is 0 Å². The first-order valence-corrected chi connectivity index (χ1v) is 5.59. The third kappa shape index (κ3) is 2.90. The van der Waals surface area contributed by atoms with E-state index in [1.165, 1.54) is 0 Å². The third-order valence-corrected chi connectivity index (χ3v) is 3.03. The summed E-state index contributed by atoms with van der Waals surface area (Å²) in [6.45, 7) is 6.07. The summed E-state index contributed by atoms with van der Waals surface area (Å²) < 4.78 is 5.27. The standard InChI is InChI=1S/C10H19N3O2/c11-9-7-10(14)13(8-9)2-1-12-3-5-15-6-4-12/h9H,1-8,11H2/t9-/m1/s1. The number of carbonyl (C=O) groups excluding carboxylic acids is 1. The molecule has 1 amide bonds. The molecule has 2 rings (SSSR count). The number of morpholine rings is 1. The van der Waals surface area contributed by atoms with E-state index in [0.29, 0.717) is 6.42 Å². The minimum atomic E-state index is 0.0437. The molecule has 0 unspecified atom stereocenters. The van der Waals surface area contributed by atoms with Gasteiger partial charge in [-0.25, -0.2) is 0 Å². The minimum absolute atomic E-state index is 0.0437. The second-order valence-electron chi connectivity index (χ2n) is 4.26. The Labute approximate surface area is 90.1 Å². The molecular formula is C10H19N3O2. The van der Waals surface area contributed by atoms with Crippen molar-refractivity contribution in [2.24, 2.45) is 5.73 Å². The minimum Gasteiger partial charge on any atom is -0.379 e. The van der Waals surface area contributed by atoms with E-state index in [4.69, 9.17) is 10.5 Å². The Morgan fingerprint density at radius 1 is 1.33 bits per heavy atom. The lowest BCUT2D eigenvalue weighted by atomic mass is 10.3. The quantitative estimate of drug-likeness (QED) is 0.645. The van der Waals surface area contributed by atoms with Crippen molar-refractivity contribution in [2.45, 2.75) is 12.5 Å². The molecule has 2 heterocycles. The van der Waals surface area contributed by atoms with Crippen molar-refractivity contribution in [3.63, 3.8) is 0 Å². The largest absolute Gasteiger partial charge is 0.379 e. The number of amides is 1. The van der Waals surface area contributed by atoms with Crippen molar-refractivity contribution in [3.8, 4) is 0 Å². The summed E-state index contributed by atoms with van der Waals surface area (Å²) in [5.41, 5.74) is 5.73. The number of nitrogens with zero attached hydrogens (tertiary/aromatic N) is 2. The molecule has 0 radical (unpaired) electrons. The van der Waals surface area contributed by atoms with Gasteiger partial charge in [-0.1, -0.05) is 0 Å². The molecule has 2 N–H and O–H groups in total. The summed E-state index contributed by atoms with van der Waals surface area (Å²) in [7, 11) is 0. The molecule has 0 aromatic heterocycles. The number of hydrogen-bond donors (Lipinski definition) is 1. The normalized spacial score (nSPS) is 28.7. The van der Waals surface area contributed by atoms with Gasteiger partial charge in [0.05, 0.1) is 13.2 Å². The third-order valence-electron chi connectivity index (χ3n) is 3.03. The topological polar surface area (TPSA) is 58.8 Å². The maximum absolute atomic E-state index is 11.5. The number of hydrogen-bond acceptors (Lipinski definition) is 4. The molecule has 1 atom stereocenters. The van der Waals surface area contributed by atoms with Crippen molar-refractivity contribution < 1.29 is 9.53 Å². The van der Waals surface area contributed by atoms with Gasteiger partial charge in [0.2, 0.25) is 5.91 Å². The lowest BCUT2D eigenvalue weighted by Crippen LogP contribution is -2.42. The van der Waals surface area contributed by atoms with Crippen molar-refractivity contribution in [2.75, 3.05) is 45.9 Å². The van der Waals surface area contributed by atoms with Crippen LogP contribution in [0.25, 0.3) is 0 Å². The summed E-state index contributed by atoms with van der Waals surface area (Å²) in [6, 6.07) is 0.0437. The van der Waals surface area contributed by atoms with E-state index in [1.54, 1.807) is 0 Å². The Kier molecular flexibility index (Phi) is 3.56. The Morgan fingerprint density at radius 2 is 2.07 bits per heavy atom. The molecule has 0 aromatic carbocycles. The smallest absolute Gasteiger partial charge is 0.224 e. The molecule has 15 heavy (non-hydrogen) atoms. The number of rotatable bonds is 3. The summed E-state index contributed by atoms with van der Waals surface area (Å²) in [5, 5.41) is 0. The number of nitrogens with two attached hydrogens (primary N) is 1. The van der Waals surface area contributed by atoms with Gasteiger partial charge in [0.15, 0.2) is 0 Å². The zero-order valence-corrected chi connectivity index (χ0v) is 9.02. The maximum Gasteiger partial charge on any atom is 0.224 e. The van der Waals surface area contributed by atoms with Crippen LogP contribution in [0.2, 0.25) is 0 Å². The van der Waals surface area contributed by atoms with Gasteiger partial charge >= 0.3 is 0 Å². The maximum atomic E-state index is 11.5. The first kappa shape index (κ1) is 10.9. The SMILES string of the molecule is N[C@@H]1CC(=O)N(CCN2CCOCC2)C1. The Balaban J connectivity index is 1.70. The first-order chi connectivity index (χ1) is 7.25. The summed E-state index contributed by atoms with van der Waals surface area (Å²) in [5.74, 6) is 0.204. The molecule has 0 aliphatic carbocycles. The lowest BCUT2D eigenvalue weighted by Gasteiger charge is -2.28. The number of likely N-dealkylation sites (tertiary alicyclic amines) is 1. The second-order valence-corrected chi connectivity index (χ2v) is 4.26. The summed E-state index contributed by atoms with van der Waals surface area (Å²) in [6.07, 6.45) is 0.517. The molecule has 2 aliphatic rings. The highest BCUT2D eigenvalue weighted by molar-refractivity contribution is 5.79. The zero-order valence-electron chi connectivity index (χ0n) is 9.02. The van der Waals surface area contributed by atoms with Crippen LogP contribution in [0.1, 0.15) is 6.42 Å². The van der Waals surface area contributed by atoms with Crippen LogP contribution in [0.15, 0.2) is 0 Å². The zero-order chi connectivity index (χ0) is 10.7. The van der Waals surface area contributed by atoms with Gasteiger partial charge in [-0.05, 0) is 0 Å². The van der Waals surface area contributed by atoms with Gasteiger partial charge in [-0.3, -0.25) is 9.69 Å². The van der Waals surface area contributed by atoms with Crippen LogP contribution in [-0.2, 0) is 9.53 Å². The fourth-order valence-electron chi connectivity index (χ4n) is 2.11. The molecule has 5 heteroatoms. The van der Waals surface area contributed by atoms with E-state index in [-0.39, 0.29) is 11.9 Å². The van der Waals surface area contributed by atoms with E-state index in [2.05, 4.69) is 4.90 Å².